The topological polar surface area (TPSA) is 38.3 Å². The highest BCUT2D eigenvalue weighted by Crippen LogP contribution is 2.45. The molecule has 1 fully saturated rings. The molecule has 0 spiro atoms. The molecule has 1 amide bonds. The largest absolute Gasteiger partial charge is 0.484 e. The number of hydrogen-bond donors (Lipinski definition) is 1. The van der Waals surface area contributed by atoms with Gasteiger partial charge in [0.15, 0.2) is 6.61 Å². The lowest BCUT2D eigenvalue weighted by molar-refractivity contribution is -0.118. The zero-order valence-electron chi connectivity index (χ0n) is 14.4. The summed E-state index contributed by atoms with van der Waals surface area (Å²) >= 11 is 3.97. The molecule has 0 radical (unpaired) electrons. The van der Waals surface area contributed by atoms with Crippen LogP contribution in [0.15, 0.2) is 48.5 Å². The molecular weight excluding hydrogens is 350 g/mol. The van der Waals surface area contributed by atoms with Crippen LogP contribution in [0.5, 0.6) is 5.75 Å². The maximum Gasteiger partial charge on any atom is 0.262 e. The molecule has 1 heterocycles. The number of hydrogen-bond acceptors (Lipinski definition) is 4. The van der Waals surface area contributed by atoms with E-state index < -0.39 is 0 Å². The van der Waals surface area contributed by atoms with Crippen molar-refractivity contribution in [1.82, 2.24) is 0 Å². The average Bonchev–Trinajstić information content (AvgIpc) is 3.17. The average molecular weight is 374 g/mol. The normalized spacial score (nSPS) is 14.4. The molecule has 0 aliphatic carbocycles. The molecule has 1 aliphatic heterocycles. The monoisotopic (exact) mass is 373 g/mol. The quantitative estimate of drug-likeness (QED) is 0.730. The van der Waals surface area contributed by atoms with Crippen molar-refractivity contribution in [3.05, 3.63) is 59.7 Å². The van der Waals surface area contributed by atoms with Gasteiger partial charge in [0.25, 0.3) is 5.91 Å². The van der Waals surface area contributed by atoms with Crippen LogP contribution >= 0.6 is 23.5 Å². The van der Waals surface area contributed by atoms with Crippen molar-refractivity contribution in [3.63, 3.8) is 0 Å². The Kier molecular flexibility index (Phi) is 6.70. The van der Waals surface area contributed by atoms with Crippen molar-refractivity contribution < 1.29 is 9.53 Å². The number of nitrogens with one attached hydrogen (secondary N) is 1. The van der Waals surface area contributed by atoms with Crippen LogP contribution in [0, 0.1) is 0 Å². The van der Waals surface area contributed by atoms with Gasteiger partial charge in [-0.3, -0.25) is 4.79 Å². The van der Waals surface area contributed by atoms with E-state index in [4.69, 9.17) is 4.74 Å². The molecule has 1 aliphatic rings. The van der Waals surface area contributed by atoms with E-state index in [9.17, 15) is 4.79 Å². The maximum atomic E-state index is 12.0. The van der Waals surface area contributed by atoms with Gasteiger partial charge in [-0.1, -0.05) is 37.6 Å². The molecule has 0 atom stereocenters. The summed E-state index contributed by atoms with van der Waals surface area (Å²) in [6.07, 6.45) is 2.18. The Hall–Kier alpha value is -1.59. The Bertz CT molecular complexity index is 680. The highest BCUT2D eigenvalue weighted by atomic mass is 32.2. The summed E-state index contributed by atoms with van der Waals surface area (Å²) < 4.78 is 6.13. The van der Waals surface area contributed by atoms with Crippen molar-refractivity contribution in [2.75, 3.05) is 23.4 Å². The third kappa shape index (κ3) is 5.44. The molecule has 1 N–H and O–H groups in total. The van der Waals surface area contributed by atoms with Crippen molar-refractivity contribution in [2.24, 2.45) is 0 Å². The minimum atomic E-state index is -0.144. The third-order valence-corrected chi connectivity index (χ3v) is 7.02. The minimum Gasteiger partial charge on any atom is -0.484 e. The van der Waals surface area contributed by atoms with Crippen molar-refractivity contribution >= 4 is 35.1 Å². The lowest BCUT2D eigenvalue weighted by Gasteiger charge is -2.11. The van der Waals surface area contributed by atoms with Gasteiger partial charge < -0.3 is 10.1 Å². The fourth-order valence-corrected chi connectivity index (χ4v) is 5.52. The Morgan fingerprint density at radius 3 is 2.40 bits per heavy atom. The molecule has 2 aromatic carbocycles. The first-order valence-electron chi connectivity index (χ1n) is 8.59. The van der Waals surface area contributed by atoms with E-state index in [1.54, 1.807) is 0 Å². The van der Waals surface area contributed by atoms with Crippen molar-refractivity contribution in [3.8, 4) is 5.75 Å². The number of amides is 1. The Morgan fingerprint density at radius 1 is 1.08 bits per heavy atom. The molecule has 0 unspecified atom stereocenters. The van der Waals surface area contributed by atoms with Crippen LogP contribution in [0.2, 0.25) is 0 Å². The standard InChI is InChI=1S/C20H23NO2S2/c1-2-3-15-4-8-17(9-5-15)21-19(22)14-23-18-10-6-16(7-11-18)20-24-12-13-25-20/h4-11,20H,2-3,12-14H2,1H3,(H,21,22). The molecule has 3 rings (SSSR count). The Morgan fingerprint density at radius 2 is 1.76 bits per heavy atom. The second-order valence-electron chi connectivity index (χ2n) is 5.93. The number of carbonyl (C=O) groups is 1. The highest BCUT2D eigenvalue weighted by Gasteiger charge is 2.17. The molecule has 2 aromatic rings. The Labute approximate surface area is 157 Å². The number of benzene rings is 2. The van der Waals surface area contributed by atoms with E-state index in [1.165, 1.54) is 22.6 Å². The van der Waals surface area contributed by atoms with Gasteiger partial charge in [-0.15, -0.1) is 23.5 Å². The number of carbonyl (C=O) groups excluding carboxylic acids is 1. The number of anilines is 1. The van der Waals surface area contributed by atoms with E-state index in [2.05, 4.69) is 36.5 Å². The van der Waals surface area contributed by atoms with Crippen LogP contribution in [-0.2, 0) is 11.2 Å². The molecule has 25 heavy (non-hydrogen) atoms. The van der Waals surface area contributed by atoms with Gasteiger partial charge in [-0.25, -0.2) is 0 Å². The van der Waals surface area contributed by atoms with Crippen LogP contribution in [0.1, 0.15) is 29.1 Å². The van der Waals surface area contributed by atoms with Crippen LogP contribution < -0.4 is 10.1 Å². The van der Waals surface area contributed by atoms with E-state index >= 15 is 0 Å². The number of aryl methyl sites for hydroxylation is 1. The van der Waals surface area contributed by atoms with Gasteiger partial charge in [0.1, 0.15) is 5.75 Å². The molecule has 0 saturated carbocycles. The summed E-state index contributed by atoms with van der Waals surface area (Å²) in [6, 6.07) is 16.1. The van der Waals surface area contributed by atoms with Gasteiger partial charge in [0.05, 0.1) is 4.58 Å². The van der Waals surface area contributed by atoms with Crippen LogP contribution in [-0.4, -0.2) is 24.0 Å². The lowest BCUT2D eigenvalue weighted by Crippen LogP contribution is -2.20. The predicted molar refractivity (Wildman–Crippen MR) is 109 cm³/mol. The van der Waals surface area contributed by atoms with Crippen LogP contribution in [0.3, 0.4) is 0 Å². The van der Waals surface area contributed by atoms with Crippen molar-refractivity contribution in [1.29, 1.82) is 0 Å². The lowest BCUT2D eigenvalue weighted by atomic mass is 10.1. The zero-order chi connectivity index (χ0) is 17.5. The van der Waals surface area contributed by atoms with Gasteiger partial charge in [0.2, 0.25) is 0 Å². The minimum absolute atomic E-state index is 0.0169. The predicted octanol–water partition coefficient (Wildman–Crippen LogP) is 5.14. The van der Waals surface area contributed by atoms with Crippen LogP contribution in [0.25, 0.3) is 0 Å². The van der Waals surface area contributed by atoms with E-state index in [1.807, 2.05) is 47.8 Å². The number of rotatable bonds is 7. The fraction of sp³-hybridized carbons (Fsp3) is 0.350. The summed E-state index contributed by atoms with van der Waals surface area (Å²) in [4.78, 5) is 12.0. The Balaban J connectivity index is 1.46. The molecule has 3 nitrogen and oxygen atoms in total. The SMILES string of the molecule is CCCc1ccc(NC(=O)COc2ccc(C3SCCS3)cc2)cc1. The summed E-state index contributed by atoms with van der Waals surface area (Å²) in [5, 5.41) is 2.87. The molecule has 1 saturated heterocycles. The highest BCUT2D eigenvalue weighted by molar-refractivity contribution is 8.19. The van der Waals surface area contributed by atoms with Gasteiger partial charge in [-0.05, 0) is 41.8 Å². The second kappa shape index (κ2) is 9.20. The molecule has 0 bridgehead atoms. The fourth-order valence-electron chi connectivity index (χ4n) is 2.66. The van der Waals surface area contributed by atoms with Crippen LogP contribution in [0.4, 0.5) is 5.69 Å². The van der Waals surface area contributed by atoms with E-state index in [-0.39, 0.29) is 12.5 Å². The summed E-state index contributed by atoms with van der Waals surface area (Å²) in [6.45, 7) is 2.17. The van der Waals surface area contributed by atoms with Gasteiger partial charge in [0, 0.05) is 17.2 Å². The second-order valence-corrected chi connectivity index (χ2v) is 8.65. The van der Waals surface area contributed by atoms with E-state index in [0.29, 0.717) is 4.58 Å². The maximum absolute atomic E-state index is 12.0. The number of ether oxygens (including phenoxy) is 1. The molecule has 0 aromatic heterocycles. The molecule has 5 heteroatoms. The first kappa shape index (κ1) is 18.2. The van der Waals surface area contributed by atoms with Gasteiger partial charge in [-0.2, -0.15) is 0 Å². The first-order chi connectivity index (χ1) is 12.2. The zero-order valence-corrected chi connectivity index (χ0v) is 16.0. The summed E-state index contributed by atoms with van der Waals surface area (Å²) in [5.74, 6) is 3.01. The molecular formula is C20H23NO2S2. The number of thioether (sulfide) groups is 2. The van der Waals surface area contributed by atoms with Gasteiger partial charge >= 0.3 is 0 Å². The molecule has 132 valence electrons. The first-order valence-corrected chi connectivity index (χ1v) is 10.7. The van der Waals surface area contributed by atoms with Crippen molar-refractivity contribution in [2.45, 2.75) is 24.3 Å². The summed E-state index contributed by atoms with van der Waals surface area (Å²) in [7, 11) is 0. The smallest absolute Gasteiger partial charge is 0.262 e. The summed E-state index contributed by atoms with van der Waals surface area (Å²) in [5.41, 5.74) is 3.41. The third-order valence-electron chi connectivity index (χ3n) is 3.92. The van der Waals surface area contributed by atoms with E-state index in [0.717, 1.165) is 24.3 Å².